The second-order valence-electron chi connectivity index (χ2n) is 16.0. The van der Waals surface area contributed by atoms with Crippen LogP contribution in [-0.4, -0.2) is 24.1 Å². The van der Waals surface area contributed by atoms with Crippen LogP contribution in [0.5, 0.6) is 0 Å². The van der Waals surface area contributed by atoms with E-state index in [1.165, 1.54) is 43.6 Å². The Hall–Kier alpha value is -8.61. The summed E-state index contributed by atoms with van der Waals surface area (Å²) in [5, 5.41) is 7.03. The summed E-state index contributed by atoms with van der Waals surface area (Å²) >= 11 is 0. The highest BCUT2D eigenvalue weighted by Crippen LogP contribution is 2.42. The highest BCUT2D eigenvalue weighted by molar-refractivity contribution is 6.23. The number of rotatable bonds is 6. The van der Waals surface area contributed by atoms with Gasteiger partial charge in [0.15, 0.2) is 17.5 Å². The van der Waals surface area contributed by atoms with E-state index in [0.29, 0.717) is 17.5 Å². The van der Waals surface area contributed by atoms with Crippen LogP contribution in [0.1, 0.15) is 0 Å². The molecule has 0 spiro atoms. The molecular weight excluding hydrogens is 771 g/mol. The molecule has 4 heterocycles. The molecule has 0 saturated heterocycles. The third-order valence-electron chi connectivity index (χ3n) is 12.4. The van der Waals surface area contributed by atoms with E-state index in [1.54, 1.807) is 0 Å². The third kappa shape index (κ3) is 5.62. The molecule has 0 radical (unpaired) electrons. The van der Waals surface area contributed by atoms with Gasteiger partial charge in [0.05, 0.1) is 22.1 Å². The Kier molecular flexibility index (Phi) is 7.80. The van der Waals surface area contributed by atoms with Crippen molar-refractivity contribution in [3.8, 4) is 56.7 Å². The maximum Gasteiger partial charge on any atom is 0.164 e. The molecule has 0 bridgehead atoms. The molecule has 0 fully saturated rings. The van der Waals surface area contributed by atoms with Crippen LogP contribution in [0.15, 0.2) is 217 Å². The molecular formula is C57H35N5O. The molecule has 13 rings (SSSR count). The average molecular weight is 806 g/mol. The van der Waals surface area contributed by atoms with E-state index >= 15 is 0 Å². The second kappa shape index (κ2) is 14.0. The third-order valence-corrected chi connectivity index (χ3v) is 12.4. The fourth-order valence-electron chi connectivity index (χ4n) is 9.45. The number of hydrogen-bond acceptors (Lipinski definition) is 4. The van der Waals surface area contributed by atoms with Crippen LogP contribution >= 0.6 is 0 Å². The van der Waals surface area contributed by atoms with Gasteiger partial charge in [-0.05, 0) is 71.8 Å². The van der Waals surface area contributed by atoms with E-state index in [9.17, 15) is 0 Å². The maximum absolute atomic E-state index is 6.62. The van der Waals surface area contributed by atoms with Gasteiger partial charge >= 0.3 is 0 Å². The normalized spacial score (nSPS) is 11.8. The largest absolute Gasteiger partial charge is 0.456 e. The van der Waals surface area contributed by atoms with Crippen molar-refractivity contribution >= 4 is 65.6 Å². The SMILES string of the molecule is c1ccc(-c2nc(-c3ccccc3)nc(-c3ccc4c(c3)oc3cc(-c5ccc(-n6c7ccccc7c7ccc8c9ccccc9n(-c9ccccc9)c8c76)cc5)ccc34)n2)cc1. The zero-order valence-corrected chi connectivity index (χ0v) is 33.9. The molecule has 9 aromatic carbocycles. The van der Waals surface area contributed by atoms with E-state index in [0.717, 1.165) is 61.1 Å². The zero-order valence-electron chi connectivity index (χ0n) is 33.9. The van der Waals surface area contributed by atoms with Gasteiger partial charge in [-0.25, -0.2) is 15.0 Å². The summed E-state index contributed by atoms with van der Waals surface area (Å²) in [7, 11) is 0. The Morgan fingerprint density at radius 3 is 1.22 bits per heavy atom. The van der Waals surface area contributed by atoms with Crippen molar-refractivity contribution in [2.75, 3.05) is 0 Å². The summed E-state index contributed by atoms with van der Waals surface area (Å²) in [6, 6.07) is 74.5. The van der Waals surface area contributed by atoms with Crippen molar-refractivity contribution in [2.45, 2.75) is 0 Å². The highest BCUT2D eigenvalue weighted by atomic mass is 16.3. The van der Waals surface area contributed by atoms with Crippen molar-refractivity contribution in [3.05, 3.63) is 212 Å². The fraction of sp³-hybridized carbons (Fsp3) is 0. The minimum atomic E-state index is 0.594. The lowest BCUT2D eigenvalue weighted by Gasteiger charge is -2.13. The van der Waals surface area contributed by atoms with Gasteiger partial charge < -0.3 is 13.6 Å². The molecule has 63 heavy (non-hydrogen) atoms. The molecule has 294 valence electrons. The molecule has 0 atom stereocenters. The smallest absolute Gasteiger partial charge is 0.164 e. The topological polar surface area (TPSA) is 61.7 Å². The van der Waals surface area contributed by atoms with Crippen LogP contribution in [0.3, 0.4) is 0 Å². The quantitative estimate of drug-likeness (QED) is 0.168. The summed E-state index contributed by atoms with van der Waals surface area (Å²) in [5.74, 6) is 1.85. The van der Waals surface area contributed by atoms with Crippen molar-refractivity contribution in [3.63, 3.8) is 0 Å². The molecule has 4 aromatic heterocycles. The van der Waals surface area contributed by atoms with Crippen LogP contribution in [0.2, 0.25) is 0 Å². The van der Waals surface area contributed by atoms with Gasteiger partial charge in [0.2, 0.25) is 0 Å². The number of hydrogen-bond donors (Lipinski definition) is 0. The number of furan rings is 1. The van der Waals surface area contributed by atoms with Crippen LogP contribution in [-0.2, 0) is 0 Å². The van der Waals surface area contributed by atoms with Crippen molar-refractivity contribution < 1.29 is 4.42 Å². The van der Waals surface area contributed by atoms with Crippen LogP contribution in [0.4, 0.5) is 0 Å². The van der Waals surface area contributed by atoms with E-state index < -0.39 is 0 Å². The summed E-state index contributed by atoms with van der Waals surface area (Å²) in [6.45, 7) is 0. The van der Waals surface area contributed by atoms with Crippen molar-refractivity contribution in [1.29, 1.82) is 0 Å². The summed E-state index contributed by atoms with van der Waals surface area (Å²) in [5.41, 5.74) is 13.5. The first-order chi connectivity index (χ1) is 31.2. The Bertz CT molecular complexity index is 3830. The Labute approximate surface area is 361 Å². The molecule has 0 aliphatic carbocycles. The summed E-state index contributed by atoms with van der Waals surface area (Å²) in [4.78, 5) is 14.8. The minimum Gasteiger partial charge on any atom is -0.456 e. The van der Waals surface area contributed by atoms with Gasteiger partial charge in [0, 0.05) is 60.4 Å². The lowest BCUT2D eigenvalue weighted by Crippen LogP contribution is -2.00. The van der Waals surface area contributed by atoms with E-state index in [4.69, 9.17) is 19.4 Å². The first-order valence-corrected chi connectivity index (χ1v) is 21.2. The van der Waals surface area contributed by atoms with E-state index in [-0.39, 0.29) is 0 Å². The fourth-order valence-corrected chi connectivity index (χ4v) is 9.45. The molecule has 6 nitrogen and oxygen atoms in total. The molecule has 0 amide bonds. The average Bonchev–Trinajstić information content (AvgIpc) is 4.02. The molecule has 0 aliphatic rings. The molecule has 0 N–H and O–H groups in total. The van der Waals surface area contributed by atoms with E-state index in [1.807, 2.05) is 66.7 Å². The maximum atomic E-state index is 6.62. The van der Waals surface area contributed by atoms with Crippen molar-refractivity contribution in [2.24, 2.45) is 0 Å². The highest BCUT2D eigenvalue weighted by Gasteiger charge is 2.21. The molecule has 13 aromatic rings. The number of aromatic nitrogens is 5. The van der Waals surface area contributed by atoms with Gasteiger partial charge in [0.1, 0.15) is 11.2 Å². The number of fused-ring (bicyclic) bond motifs is 10. The predicted octanol–water partition coefficient (Wildman–Crippen LogP) is 14.6. The first-order valence-electron chi connectivity index (χ1n) is 21.2. The van der Waals surface area contributed by atoms with Gasteiger partial charge in [-0.3, -0.25) is 0 Å². The van der Waals surface area contributed by atoms with Crippen LogP contribution in [0, 0.1) is 0 Å². The van der Waals surface area contributed by atoms with Gasteiger partial charge in [-0.1, -0.05) is 152 Å². The Balaban J connectivity index is 0.912. The predicted molar refractivity (Wildman–Crippen MR) is 258 cm³/mol. The number of benzene rings is 9. The monoisotopic (exact) mass is 805 g/mol. The summed E-state index contributed by atoms with van der Waals surface area (Å²) in [6.07, 6.45) is 0. The Morgan fingerprint density at radius 2 is 0.683 bits per heavy atom. The standard InChI is InChI=1S/C57H35N5O/c1-4-14-37(15-5-1)55-58-56(38-16-6-2-7-17-38)60-57(59-55)40-27-31-46-45-30-26-39(34-51(45)63-52(46)35-40)36-24-28-42(29-25-36)62-50-23-13-11-21-44(50)48-33-32-47-43-20-10-12-22-49(43)61(53(47)54(48)62)41-18-8-3-9-19-41/h1-35H. The van der Waals surface area contributed by atoms with Gasteiger partial charge in [-0.2, -0.15) is 0 Å². The van der Waals surface area contributed by atoms with E-state index in [2.05, 4.69) is 155 Å². The molecule has 0 aliphatic heterocycles. The number of nitrogens with zero attached hydrogens (tertiary/aromatic N) is 5. The van der Waals surface area contributed by atoms with Gasteiger partial charge in [0.25, 0.3) is 0 Å². The summed E-state index contributed by atoms with van der Waals surface area (Å²) < 4.78 is 11.5. The van der Waals surface area contributed by atoms with Crippen molar-refractivity contribution in [1.82, 2.24) is 24.1 Å². The molecule has 6 heteroatoms. The zero-order chi connectivity index (χ0) is 41.4. The van der Waals surface area contributed by atoms with Crippen LogP contribution < -0.4 is 0 Å². The minimum absolute atomic E-state index is 0.594. The lowest BCUT2D eigenvalue weighted by molar-refractivity contribution is 0.669. The lowest BCUT2D eigenvalue weighted by atomic mass is 10.0. The van der Waals surface area contributed by atoms with Crippen LogP contribution in [0.25, 0.3) is 122 Å². The van der Waals surface area contributed by atoms with Gasteiger partial charge in [-0.15, -0.1) is 0 Å². The number of para-hydroxylation sites is 3. The second-order valence-corrected chi connectivity index (χ2v) is 16.0. The molecule has 0 unspecified atom stereocenters. The first kappa shape index (κ1) is 35.2. The molecule has 0 saturated carbocycles. The Morgan fingerprint density at radius 1 is 0.286 bits per heavy atom.